The molecule has 1 fully saturated rings. The third-order valence-corrected chi connectivity index (χ3v) is 4.19. The number of nitrogens with two attached hydrogens (primary N) is 3. The first-order chi connectivity index (χ1) is 12.1. The lowest BCUT2D eigenvalue weighted by molar-refractivity contribution is -0.0527. The Bertz CT molecular complexity index is 961. The summed E-state index contributed by atoms with van der Waals surface area (Å²) in [5.41, 5.74) is 10.8. The Morgan fingerprint density at radius 1 is 1.35 bits per heavy atom. The molecule has 0 aromatic carbocycles. The summed E-state index contributed by atoms with van der Waals surface area (Å²) in [7, 11) is -4.28. The fourth-order valence-corrected chi connectivity index (χ4v) is 2.90. The zero-order chi connectivity index (χ0) is 19.2. The predicted octanol–water partition coefficient (Wildman–Crippen LogP) is -3.65. The number of hydrogen-bond acceptors (Lipinski definition) is 11. The van der Waals surface area contributed by atoms with Crippen molar-refractivity contribution in [2.24, 2.45) is 10.9 Å². The molecule has 8 N–H and O–H groups in total. The minimum Gasteiger partial charge on any atom is -0.387 e. The molecule has 142 valence electrons. The van der Waals surface area contributed by atoms with Crippen LogP contribution in [0.3, 0.4) is 0 Å². The van der Waals surface area contributed by atoms with Gasteiger partial charge in [0.05, 0.1) is 12.0 Å². The van der Waals surface area contributed by atoms with Crippen molar-refractivity contribution in [1.82, 2.24) is 19.7 Å². The van der Waals surface area contributed by atoms with E-state index in [4.69, 9.17) is 21.3 Å². The van der Waals surface area contributed by atoms with Crippen molar-refractivity contribution in [2.45, 2.75) is 24.5 Å². The van der Waals surface area contributed by atoms with Gasteiger partial charge in [-0.1, -0.05) is 0 Å². The van der Waals surface area contributed by atoms with Gasteiger partial charge < -0.3 is 26.4 Å². The van der Waals surface area contributed by atoms with Gasteiger partial charge in [0, 0.05) is 0 Å². The molecule has 2 aromatic heterocycles. The number of aromatic nitrogens is 4. The molecule has 1 aliphatic heterocycles. The van der Waals surface area contributed by atoms with Crippen LogP contribution in [-0.4, -0.2) is 69.2 Å². The normalized spacial score (nSPS) is 26.4. The minimum atomic E-state index is -4.28. The Kier molecular flexibility index (Phi) is 4.51. The summed E-state index contributed by atoms with van der Waals surface area (Å²) in [4.78, 5) is 19.3. The SMILES string of the molecule is NC(=O)c1nn([C@@H]2O[C@H](COS(N)(=O)=O)[C@@H](O)[C@H]2O)c2ncnc(N)c12. The lowest BCUT2D eigenvalue weighted by Gasteiger charge is -2.15. The van der Waals surface area contributed by atoms with E-state index in [0.717, 1.165) is 11.0 Å². The van der Waals surface area contributed by atoms with Crippen molar-refractivity contribution < 1.29 is 32.3 Å². The maximum atomic E-state index is 11.6. The Labute approximate surface area is 145 Å². The molecule has 3 rings (SSSR count). The molecule has 3 heterocycles. The standard InChI is InChI=1S/C11H15N7O7S/c12-8-4-5(9(13)21)17-18(10(4)16-2-15-8)11-7(20)6(19)3(25-11)1-24-26(14,22)23/h2-3,6-7,11,19-20H,1H2,(H2,13,21)(H2,12,15,16)(H2,14,22,23)/t3-,6-,7-,11-/m1/s1. The van der Waals surface area contributed by atoms with Gasteiger partial charge in [0.25, 0.3) is 5.91 Å². The first-order valence-corrected chi connectivity index (χ1v) is 8.54. The third-order valence-electron chi connectivity index (χ3n) is 3.73. The van der Waals surface area contributed by atoms with Crippen molar-refractivity contribution in [3.8, 4) is 0 Å². The summed E-state index contributed by atoms with van der Waals surface area (Å²) in [5.74, 6) is -0.991. The molecule has 0 saturated carbocycles. The van der Waals surface area contributed by atoms with Gasteiger partial charge in [-0.2, -0.15) is 13.5 Å². The fraction of sp³-hybridized carbons (Fsp3) is 0.455. The minimum absolute atomic E-state index is 0.0237. The smallest absolute Gasteiger partial charge is 0.333 e. The number of carbonyl (C=O) groups excluding carboxylic acids is 1. The van der Waals surface area contributed by atoms with Crippen molar-refractivity contribution in [2.75, 3.05) is 12.3 Å². The number of amides is 1. The van der Waals surface area contributed by atoms with Crippen LogP contribution in [0, 0.1) is 0 Å². The third kappa shape index (κ3) is 3.18. The molecule has 26 heavy (non-hydrogen) atoms. The first-order valence-electron chi connectivity index (χ1n) is 7.07. The van der Waals surface area contributed by atoms with E-state index in [9.17, 15) is 23.4 Å². The number of anilines is 1. The van der Waals surface area contributed by atoms with Crippen molar-refractivity contribution in [3.63, 3.8) is 0 Å². The topological polar surface area (TPSA) is 232 Å². The Hall–Kier alpha value is -2.43. The highest BCUT2D eigenvalue weighted by molar-refractivity contribution is 7.84. The first kappa shape index (κ1) is 18.4. The van der Waals surface area contributed by atoms with Crippen molar-refractivity contribution in [1.29, 1.82) is 0 Å². The van der Waals surface area contributed by atoms with Crippen LogP contribution in [-0.2, 0) is 19.2 Å². The van der Waals surface area contributed by atoms with Crippen molar-refractivity contribution in [3.05, 3.63) is 12.0 Å². The fourth-order valence-electron chi connectivity index (χ4n) is 2.58. The number of primary amides is 1. The zero-order valence-corrected chi connectivity index (χ0v) is 13.8. The molecule has 0 bridgehead atoms. The Morgan fingerprint density at radius 2 is 2.04 bits per heavy atom. The number of nitrogens with zero attached hydrogens (tertiary/aromatic N) is 4. The number of carbonyl (C=O) groups is 1. The lowest BCUT2D eigenvalue weighted by Crippen LogP contribution is -2.35. The van der Waals surface area contributed by atoms with E-state index in [1.807, 2.05) is 0 Å². The lowest BCUT2D eigenvalue weighted by atomic mass is 10.1. The number of hydrogen-bond donors (Lipinski definition) is 5. The van der Waals surface area contributed by atoms with E-state index in [-0.39, 0.29) is 22.5 Å². The number of ether oxygens (including phenoxy) is 1. The van der Waals surface area contributed by atoms with Crippen LogP contribution in [0.2, 0.25) is 0 Å². The van der Waals surface area contributed by atoms with Crippen LogP contribution in [0.1, 0.15) is 16.7 Å². The van der Waals surface area contributed by atoms with Gasteiger partial charge in [0.2, 0.25) is 0 Å². The van der Waals surface area contributed by atoms with E-state index in [2.05, 4.69) is 19.2 Å². The van der Waals surface area contributed by atoms with Gasteiger partial charge in [-0.3, -0.25) is 8.98 Å². The Balaban J connectivity index is 1.99. The molecule has 0 spiro atoms. The molecule has 1 amide bonds. The highest BCUT2D eigenvalue weighted by atomic mass is 32.2. The van der Waals surface area contributed by atoms with Crippen LogP contribution < -0.4 is 16.6 Å². The van der Waals surface area contributed by atoms with Gasteiger partial charge in [-0.25, -0.2) is 19.8 Å². The van der Waals surface area contributed by atoms with E-state index < -0.39 is 47.4 Å². The average molecular weight is 389 g/mol. The maximum Gasteiger partial charge on any atom is 0.333 e. The highest BCUT2D eigenvalue weighted by Gasteiger charge is 2.45. The number of aliphatic hydroxyl groups excluding tert-OH is 2. The van der Waals surface area contributed by atoms with Gasteiger partial charge in [0.15, 0.2) is 17.6 Å². The van der Waals surface area contributed by atoms with E-state index in [1.54, 1.807) is 0 Å². The second-order valence-electron chi connectivity index (χ2n) is 5.44. The highest BCUT2D eigenvalue weighted by Crippen LogP contribution is 2.33. The summed E-state index contributed by atoms with van der Waals surface area (Å²) in [5, 5.41) is 29.0. The number of fused-ring (bicyclic) bond motifs is 1. The maximum absolute atomic E-state index is 11.6. The predicted molar refractivity (Wildman–Crippen MR) is 83.2 cm³/mol. The van der Waals surface area contributed by atoms with E-state index >= 15 is 0 Å². The second-order valence-corrected chi connectivity index (χ2v) is 6.66. The molecule has 4 atom stereocenters. The van der Waals surface area contributed by atoms with E-state index in [0.29, 0.717) is 0 Å². The summed E-state index contributed by atoms with van der Waals surface area (Å²) >= 11 is 0. The molecular formula is C11H15N7O7S. The number of aliphatic hydroxyl groups is 2. The van der Waals surface area contributed by atoms with E-state index in [1.165, 1.54) is 0 Å². The molecular weight excluding hydrogens is 374 g/mol. The molecule has 1 aliphatic rings. The summed E-state index contributed by atoms with van der Waals surface area (Å²) in [6.07, 6.45) is -4.56. The van der Waals surface area contributed by atoms with Crippen LogP contribution in [0.5, 0.6) is 0 Å². The molecule has 2 aromatic rings. The quantitative estimate of drug-likeness (QED) is 0.334. The molecule has 0 aliphatic carbocycles. The second kappa shape index (κ2) is 6.38. The van der Waals surface area contributed by atoms with Gasteiger partial charge in [-0.05, 0) is 0 Å². The molecule has 1 saturated heterocycles. The summed E-state index contributed by atoms with van der Waals surface area (Å²) < 4.78 is 32.5. The number of rotatable bonds is 5. The molecule has 15 heteroatoms. The van der Waals surface area contributed by atoms with Gasteiger partial charge >= 0.3 is 10.3 Å². The van der Waals surface area contributed by atoms with Crippen LogP contribution in [0.25, 0.3) is 11.0 Å². The van der Waals surface area contributed by atoms with Crippen LogP contribution >= 0.6 is 0 Å². The summed E-state index contributed by atoms with van der Waals surface area (Å²) in [6, 6.07) is 0. The zero-order valence-electron chi connectivity index (χ0n) is 13.0. The van der Waals surface area contributed by atoms with Crippen LogP contribution in [0.15, 0.2) is 6.33 Å². The molecule has 0 radical (unpaired) electrons. The molecule has 14 nitrogen and oxygen atoms in total. The largest absolute Gasteiger partial charge is 0.387 e. The number of nitrogen functional groups attached to an aromatic ring is 1. The van der Waals surface area contributed by atoms with Crippen molar-refractivity contribution >= 4 is 33.1 Å². The van der Waals surface area contributed by atoms with Gasteiger partial charge in [0.1, 0.15) is 30.5 Å². The molecule has 0 unspecified atom stereocenters. The average Bonchev–Trinajstić information content (AvgIpc) is 3.06. The van der Waals surface area contributed by atoms with Crippen LogP contribution in [0.4, 0.5) is 5.82 Å². The van der Waals surface area contributed by atoms with Gasteiger partial charge in [-0.15, -0.1) is 0 Å². The Morgan fingerprint density at radius 3 is 2.65 bits per heavy atom. The monoisotopic (exact) mass is 389 g/mol. The summed E-state index contributed by atoms with van der Waals surface area (Å²) in [6.45, 7) is -0.646.